The number of nitrogens with one attached hydrogen (secondary N) is 1. The fourth-order valence-corrected chi connectivity index (χ4v) is 3.26. The predicted octanol–water partition coefficient (Wildman–Crippen LogP) is 3.99. The first-order valence-corrected chi connectivity index (χ1v) is 7.04. The van der Waals surface area contributed by atoms with Gasteiger partial charge in [-0.1, -0.05) is 54.2 Å². The molecule has 1 aliphatic rings. The maximum atomic E-state index is 6.08. The first kappa shape index (κ1) is 11.8. The van der Waals surface area contributed by atoms with Crippen molar-refractivity contribution in [3.8, 4) is 0 Å². The summed E-state index contributed by atoms with van der Waals surface area (Å²) in [7, 11) is 0. The van der Waals surface area contributed by atoms with Crippen molar-refractivity contribution in [1.82, 2.24) is 0 Å². The van der Waals surface area contributed by atoms with Crippen molar-refractivity contribution >= 4 is 50.9 Å². The van der Waals surface area contributed by atoms with Gasteiger partial charge in [-0.05, 0) is 6.07 Å². The number of anilines is 1. The average molecular weight is 293 g/mol. The molecule has 0 aliphatic carbocycles. The second kappa shape index (κ2) is 4.80. The van der Waals surface area contributed by atoms with Crippen LogP contribution < -0.4 is 5.32 Å². The van der Waals surface area contributed by atoms with E-state index in [2.05, 4.69) is 10.3 Å². The van der Waals surface area contributed by atoms with Crippen molar-refractivity contribution in [2.75, 3.05) is 11.9 Å². The maximum absolute atomic E-state index is 6.08. The molecule has 0 amide bonds. The van der Waals surface area contributed by atoms with E-state index in [9.17, 15) is 0 Å². The van der Waals surface area contributed by atoms with Crippen LogP contribution in [-0.2, 0) is 0 Å². The summed E-state index contributed by atoms with van der Waals surface area (Å²) in [6, 6.07) is 12.0. The number of hydrogen-bond donors (Lipinski definition) is 1. The zero-order valence-corrected chi connectivity index (χ0v) is 11.7. The highest BCUT2D eigenvalue weighted by Crippen LogP contribution is 2.34. The van der Waals surface area contributed by atoms with Gasteiger partial charge in [-0.3, -0.25) is 4.99 Å². The zero-order chi connectivity index (χ0) is 12.5. The average Bonchev–Trinajstić information content (AvgIpc) is 2.64. The van der Waals surface area contributed by atoms with Gasteiger partial charge in [0.05, 0.1) is 16.6 Å². The Morgan fingerprint density at radius 3 is 2.83 bits per heavy atom. The number of nitrogens with zero attached hydrogens (tertiary/aromatic N) is 1. The smallest absolute Gasteiger partial charge is 0.104 e. The number of benzene rings is 1. The maximum Gasteiger partial charge on any atom is 0.104 e. The van der Waals surface area contributed by atoms with Gasteiger partial charge >= 0.3 is 0 Å². The lowest BCUT2D eigenvalue weighted by Crippen LogP contribution is -2.09. The largest absolute Gasteiger partial charge is 0.340 e. The number of thiophene rings is 1. The van der Waals surface area contributed by atoms with Crippen LogP contribution in [0.5, 0.6) is 0 Å². The minimum atomic E-state index is 0.512. The van der Waals surface area contributed by atoms with Crippen molar-refractivity contribution < 1.29 is 0 Å². The quantitative estimate of drug-likeness (QED) is 0.804. The molecule has 90 valence electrons. The molecule has 0 bridgehead atoms. The molecule has 0 radical (unpaired) electrons. The highest BCUT2D eigenvalue weighted by Gasteiger charge is 2.19. The summed E-state index contributed by atoms with van der Waals surface area (Å²) >= 11 is 12.8. The third-order valence-electron chi connectivity index (χ3n) is 2.64. The van der Waals surface area contributed by atoms with Crippen LogP contribution in [0.3, 0.4) is 0 Å². The lowest BCUT2D eigenvalue weighted by Gasteiger charge is -2.04. The Balaban J connectivity index is 2.16. The van der Waals surface area contributed by atoms with E-state index >= 15 is 0 Å². The van der Waals surface area contributed by atoms with Gasteiger partial charge in [0.2, 0.25) is 0 Å². The second-order valence-corrected chi connectivity index (χ2v) is 6.05. The Labute approximate surface area is 119 Å². The molecule has 1 aromatic carbocycles. The van der Waals surface area contributed by atoms with Crippen molar-refractivity contribution in [3.05, 3.63) is 51.9 Å². The summed E-state index contributed by atoms with van der Waals surface area (Å²) in [5, 5.41) is 4.17. The van der Waals surface area contributed by atoms with Crippen LogP contribution in [0.25, 0.3) is 0 Å². The molecule has 1 N–H and O–H groups in total. The molecule has 18 heavy (non-hydrogen) atoms. The Bertz CT molecular complexity index is 632. The molecule has 5 heteroatoms. The van der Waals surface area contributed by atoms with Gasteiger partial charge in [0.1, 0.15) is 9.99 Å². The number of aliphatic imine (C=N–C) groups is 1. The predicted molar refractivity (Wildman–Crippen MR) is 82.5 cm³/mol. The molecule has 3 rings (SSSR count). The van der Waals surface area contributed by atoms with E-state index in [0.717, 1.165) is 31.2 Å². The molecule has 0 fully saturated rings. The van der Waals surface area contributed by atoms with Crippen molar-refractivity contribution in [3.63, 3.8) is 0 Å². The molecule has 0 unspecified atom stereocenters. The number of fused-ring (bicyclic) bond motifs is 1. The summed E-state index contributed by atoms with van der Waals surface area (Å²) in [5.41, 5.74) is 3.05. The molecule has 2 heterocycles. The highest BCUT2D eigenvalue weighted by molar-refractivity contribution is 7.80. The van der Waals surface area contributed by atoms with Crippen molar-refractivity contribution in [1.29, 1.82) is 0 Å². The summed E-state index contributed by atoms with van der Waals surface area (Å²) in [6.45, 7) is 0.512. The van der Waals surface area contributed by atoms with Gasteiger partial charge in [-0.15, -0.1) is 11.3 Å². The van der Waals surface area contributed by atoms with Gasteiger partial charge in [0, 0.05) is 11.1 Å². The molecule has 0 saturated heterocycles. The Hall–Kier alpha value is -1.23. The summed E-state index contributed by atoms with van der Waals surface area (Å²) in [4.78, 5) is 5.31. The molecule has 2 aromatic rings. The molecule has 0 atom stereocenters. The van der Waals surface area contributed by atoms with Crippen LogP contribution in [0, 0.1) is 0 Å². The van der Waals surface area contributed by atoms with Crippen LogP contribution in [0.4, 0.5) is 5.00 Å². The fourth-order valence-electron chi connectivity index (χ4n) is 1.87. The van der Waals surface area contributed by atoms with Crippen molar-refractivity contribution in [2.45, 2.75) is 0 Å². The summed E-state index contributed by atoms with van der Waals surface area (Å²) in [6.07, 6.45) is 0. The molecular formula is C13H9ClN2S2. The standard InChI is InChI=1S/C13H9ClN2S2/c14-10-6-9-12(8-4-2-1-3-5-8)15-7-11(17)16-13(9)18-10/h1-6H,7H2,(H,16,17). The molecule has 2 nitrogen and oxygen atoms in total. The summed E-state index contributed by atoms with van der Waals surface area (Å²) < 4.78 is 0.737. The Morgan fingerprint density at radius 2 is 2.06 bits per heavy atom. The fraction of sp³-hybridized carbons (Fsp3) is 0.0769. The second-order valence-electron chi connectivity index (χ2n) is 3.87. The Morgan fingerprint density at radius 1 is 1.28 bits per heavy atom. The van der Waals surface area contributed by atoms with Crippen LogP contribution in [0.15, 0.2) is 41.4 Å². The van der Waals surface area contributed by atoms with E-state index in [-0.39, 0.29) is 0 Å². The van der Waals surface area contributed by atoms with Crippen LogP contribution in [0.1, 0.15) is 11.1 Å². The van der Waals surface area contributed by atoms with E-state index in [1.54, 1.807) is 0 Å². The number of hydrogen-bond acceptors (Lipinski definition) is 3. The van der Waals surface area contributed by atoms with Gasteiger partial charge in [0.15, 0.2) is 0 Å². The SMILES string of the molecule is S=C1CN=C(c2ccccc2)c2cc(Cl)sc2N1. The molecule has 0 saturated carbocycles. The highest BCUT2D eigenvalue weighted by atomic mass is 35.5. The van der Waals surface area contributed by atoms with E-state index in [1.807, 2.05) is 36.4 Å². The number of rotatable bonds is 1. The van der Waals surface area contributed by atoms with E-state index in [1.165, 1.54) is 11.3 Å². The Kier molecular flexibility index (Phi) is 3.16. The first-order valence-electron chi connectivity index (χ1n) is 5.43. The summed E-state index contributed by atoms with van der Waals surface area (Å²) in [5.74, 6) is 0. The first-order chi connectivity index (χ1) is 8.74. The minimum absolute atomic E-state index is 0.512. The van der Waals surface area contributed by atoms with Gasteiger partial charge in [-0.25, -0.2) is 0 Å². The third kappa shape index (κ3) is 2.19. The molecule has 0 spiro atoms. The van der Waals surface area contributed by atoms with E-state index in [4.69, 9.17) is 23.8 Å². The lowest BCUT2D eigenvalue weighted by atomic mass is 10.0. The van der Waals surface area contributed by atoms with Gasteiger partial charge in [0.25, 0.3) is 0 Å². The van der Waals surface area contributed by atoms with Crippen LogP contribution >= 0.6 is 35.2 Å². The van der Waals surface area contributed by atoms with Crippen molar-refractivity contribution in [2.24, 2.45) is 4.99 Å². The van der Waals surface area contributed by atoms with Gasteiger partial charge in [-0.2, -0.15) is 0 Å². The number of thiocarbonyl (C=S) groups is 1. The van der Waals surface area contributed by atoms with Crippen LogP contribution in [0.2, 0.25) is 4.34 Å². The van der Waals surface area contributed by atoms with Crippen LogP contribution in [-0.4, -0.2) is 17.2 Å². The van der Waals surface area contributed by atoms with E-state index < -0.39 is 0 Å². The molecule has 1 aliphatic heterocycles. The molecule has 1 aromatic heterocycles. The normalized spacial score (nSPS) is 14.5. The monoisotopic (exact) mass is 292 g/mol. The minimum Gasteiger partial charge on any atom is -0.340 e. The lowest BCUT2D eigenvalue weighted by molar-refractivity contribution is 1.31. The zero-order valence-electron chi connectivity index (χ0n) is 9.31. The third-order valence-corrected chi connectivity index (χ3v) is 4.05. The van der Waals surface area contributed by atoms with Gasteiger partial charge < -0.3 is 5.32 Å². The topological polar surface area (TPSA) is 24.4 Å². The molecular weight excluding hydrogens is 284 g/mol. The number of halogens is 1. The van der Waals surface area contributed by atoms with E-state index in [0.29, 0.717) is 6.54 Å².